The van der Waals surface area contributed by atoms with Gasteiger partial charge in [-0.15, -0.1) is 0 Å². The third kappa shape index (κ3) is 8.11. The third-order valence-corrected chi connectivity index (χ3v) is 4.89. The van der Waals surface area contributed by atoms with E-state index >= 15 is 0 Å². The first kappa shape index (κ1) is 26.8. The second-order valence-electron chi connectivity index (χ2n) is 7.30. The summed E-state index contributed by atoms with van der Waals surface area (Å²) >= 11 is 0. The first-order valence-electron chi connectivity index (χ1n) is 9.92. The van der Waals surface area contributed by atoms with E-state index in [1.165, 1.54) is 0 Å². The zero-order valence-corrected chi connectivity index (χ0v) is 17.2. The van der Waals surface area contributed by atoms with Gasteiger partial charge in [-0.2, -0.15) is 0 Å². The highest BCUT2D eigenvalue weighted by molar-refractivity contribution is 5.94. The largest absolute Gasteiger partial charge is 0.481 e. The molecule has 1 saturated heterocycles. The highest BCUT2D eigenvalue weighted by atomic mass is 16.4. The maximum absolute atomic E-state index is 12.7. The molecule has 1 rings (SSSR count). The summed E-state index contributed by atoms with van der Waals surface area (Å²) in [6.07, 6.45) is -1.12. The van der Waals surface area contributed by atoms with Crippen molar-refractivity contribution < 1.29 is 49.2 Å². The molecule has 14 nitrogen and oxygen atoms in total. The van der Waals surface area contributed by atoms with Crippen molar-refractivity contribution in [2.24, 2.45) is 5.73 Å². The van der Waals surface area contributed by atoms with E-state index in [0.29, 0.717) is 6.42 Å². The second-order valence-corrected chi connectivity index (χ2v) is 7.30. The number of carboxylic acid groups (broad SMARTS) is 3. The van der Waals surface area contributed by atoms with Crippen LogP contribution < -0.4 is 16.4 Å². The zero-order chi connectivity index (χ0) is 24.4. The predicted octanol–water partition coefficient (Wildman–Crippen LogP) is -2.92. The number of carboxylic acids is 3. The summed E-state index contributed by atoms with van der Waals surface area (Å²) in [7, 11) is 0. The van der Waals surface area contributed by atoms with Crippen LogP contribution in [0.4, 0.5) is 0 Å². The van der Waals surface area contributed by atoms with Gasteiger partial charge in [0, 0.05) is 19.4 Å². The van der Waals surface area contributed by atoms with Crippen LogP contribution in [-0.2, 0) is 28.8 Å². The summed E-state index contributed by atoms with van der Waals surface area (Å²) in [4.78, 5) is 71.7. The molecule has 0 bridgehead atoms. The Hall–Kier alpha value is -3.26. The van der Waals surface area contributed by atoms with E-state index in [-0.39, 0.29) is 19.4 Å². The lowest BCUT2D eigenvalue weighted by molar-refractivity contribution is -0.144. The lowest BCUT2D eigenvalue weighted by Gasteiger charge is -2.28. The van der Waals surface area contributed by atoms with E-state index in [2.05, 4.69) is 10.6 Å². The summed E-state index contributed by atoms with van der Waals surface area (Å²) in [5, 5.41) is 40.3. The summed E-state index contributed by atoms with van der Waals surface area (Å²) < 4.78 is 0. The molecule has 0 saturated carbocycles. The van der Waals surface area contributed by atoms with Crippen molar-refractivity contribution in [3.8, 4) is 0 Å². The van der Waals surface area contributed by atoms with Gasteiger partial charge in [0.25, 0.3) is 0 Å². The van der Waals surface area contributed by atoms with Crippen molar-refractivity contribution in [3.05, 3.63) is 0 Å². The second kappa shape index (κ2) is 12.6. The Labute approximate surface area is 182 Å². The van der Waals surface area contributed by atoms with Gasteiger partial charge in [-0.3, -0.25) is 24.0 Å². The van der Waals surface area contributed by atoms with Gasteiger partial charge < -0.3 is 41.7 Å². The summed E-state index contributed by atoms with van der Waals surface area (Å²) in [6.45, 7) is -0.423. The molecule has 0 aromatic carbocycles. The van der Waals surface area contributed by atoms with Crippen LogP contribution in [0.5, 0.6) is 0 Å². The maximum atomic E-state index is 12.7. The standard InChI is InChI=1S/C18H28N4O10/c19-9(8-23)17(30)22-7-1-2-12(22)16(29)20-10(3-5-13(24)25)15(28)21-11(18(31)32)4-6-14(26)27/h9-12,23H,1-8,19H2,(H,20,29)(H,21,28)(H,24,25)(H,26,27)(H,31,32). The molecule has 0 aliphatic carbocycles. The van der Waals surface area contributed by atoms with Gasteiger partial charge in [-0.25, -0.2) is 4.79 Å². The summed E-state index contributed by atoms with van der Waals surface area (Å²) in [6, 6.07) is -5.22. The van der Waals surface area contributed by atoms with Crippen molar-refractivity contribution in [2.75, 3.05) is 13.2 Å². The molecule has 1 aliphatic rings. The van der Waals surface area contributed by atoms with Gasteiger partial charge in [0.1, 0.15) is 24.2 Å². The van der Waals surface area contributed by atoms with Crippen molar-refractivity contribution in [2.45, 2.75) is 62.7 Å². The SMILES string of the molecule is NC(CO)C(=O)N1CCCC1C(=O)NC(CCC(=O)O)C(=O)NC(CCC(=O)O)C(=O)O. The first-order chi connectivity index (χ1) is 15.0. The maximum Gasteiger partial charge on any atom is 0.326 e. The van der Waals surface area contributed by atoms with Crippen LogP contribution in [0.25, 0.3) is 0 Å². The van der Waals surface area contributed by atoms with E-state index in [0.717, 1.165) is 4.90 Å². The molecule has 32 heavy (non-hydrogen) atoms. The topological polar surface area (TPSA) is 237 Å². The molecule has 0 spiro atoms. The Kier molecular flexibility index (Phi) is 10.5. The molecule has 4 unspecified atom stereocenters. The Balaban J connectivity index is 2.93. The number of aliphatic carboxylic acids is 3. The number of aliphatic hydroxyl groups excluding tert-OH is 1. The number of hydrogen-bond acceptors (Lipinski definition) is 8. The number of carbonyl (C=O) groups excluding carboxylic acids is 3. The molecule has 1 aliphatic heterocycles. The number of likely N-dealkylation sites (tertiary alicyclic amines) is 1. The molecular weight excluding hydrogens is 432 g/mol. The van der Waals surface area contributed by atoms with E-state index < -0.39 is 85.7 Å². The normalized spacial score (nSPS) is 18.3. The zero-order valence-electron chi connectivity index (χ0n) is 17.2. The van der Waals surface area contributed by atoms with Gasteiger partial charge in [-0.1, -0.05) is 0 Å². The molecule has 1 heterocycles. The minimum Gasteiger partial charge on any atom is -0.481 e. The Morgan fingerprint density at radius 2 is 1.50 bits per heavy atom. The van der Waals surface area contributed by atoms with Crippen molar-refractivity contribution in [1.29, 1.82) is 0 Å². The molecule has 3 amide bonds. The molecule has 8 N–H and O–H groups in total. The summed E-state index contributed by atoms with van der Waals surface area (Å²) in [5.74, 6) is -6.44. The third-order valence-electron chi connectivity index (χ3n) is 4.89. The molecule has 0 aromatic rings. The fourth-order valence-corrected chi connectivity index (χ4v) is 3.20. The van der Waals surface area contributed by atoms with E-state index in [9.17, 15) is 33.9 Å². The van der Waals surface area contributed by atoms with Gasteiger partial charge in [0.2, 0.25) is 17.7 Å². The highest BCUT2D eigenvalue weighted by Crippen LogP contribution is 2.19. The number of nitrogens with one attached hydrogen (secondary N) is 2. The number of hydrogen-bond donors (Lipinski definition) is 7. The lowest BCUT2D eigenvalue weighted by atomic mass is 10.1. The molecule has 0 radical (unpaired) electrons. The number of amides is 3. The Bertz CT molecular complexity index is 743. The van der Waals surface area contributed by atoms with Crippen molar-refractivity contribution in [3.63, 3.8) is 0 Å². The van der Waals surface area contributed by atoms with Gasteiger partial charge in [-0.05, 0) is 25.7 Å². The fourth-order valence-electron chi connectivity index (χ4n) is 3.20. The first-order valence-corrected chi connectivity index (χ1v) is 9.92. The van der Waals surface area contributed by atoms with Crippen LogP contribution in [0.3, 0.4) is 0 Å². The number of carbonyl (C=O) groups is 6. The lowest BCUT2D eigenvalue weighted by Crippen LogP contribution is -2.57. The molecule has 14 heteroatoms. The predicted molar refractivity (Wildman–Crippen MR) is 105 cm³/mol. The Morgan fingerprint density at radius 1 is 0.938 bits per heavy atom. The van der Waals surface area contributed by atoms with Crippen LogP contribution >= 0.6 is 0 Å². The average Bonchev–Trinajstić information content (AvgIpc) is 3.21. The molecule has 0 aromatic heterocycles. The fraction of sp³-hybridized carbons (Fsp3) is 0.667. The quantitative estimate of drug-likeness (QED) is 0.147. The monoisotopic (exact) mass is 460 g/mol. The van der Waals surface area contributed by atoms with Crippen LogP contribution in [0, 0.1) is 0 Å². The van der Waals surface area contributed by atoms with E-state index in [1.807, 2.05) is 0 Å². The number of rotatable bonds is 13. The number of nitrogens with zero attached hydrogens (tertiary/aromatic N) is 1. The summed E-state index contributed by atoms with van der Waals surface area (Å²) in [5.41, 5.74) is 5.52. The Morgan fingerprint density at radius 3 is 2.00 bits per heavy atom. The van der Waals surface area contributed by atoms with E-state index in [1.54, 1.807) is 0 Å². The van der Waals surface area contributed by atoms with E-state index in [4.69, 9.17) is 21.1 Å². The molecule has 4 atom stereocenters. The van der Waals surface area contributed by atoms with Crippen LogP contribution in [0.1, 0.15) is 38.5 Å². The van der Waals surface area contributed by atoms with Crippen LogP contribution in [0.2, 0.25) is 0 Å². The van der Waals surface area contributed by atoms with Gasteiger partial charge in [0.05, 0.1) is 6.61 Å². The molecule has 1 fully saturated rings. The molecule has 180 valence electrons. The van der Waals surface area contributed by atoms with Crippen molar-refractivity contribution >= 4 is 35.6 Å². The van der Waals surface area contributed by atoms with Gasteiger partial charge in [0.15, 0.2) is 0 Å². The van der Waals surface area contributed by atoms with Crippen LogP contribution in [-0.4, -0.2) is 98.3 Å². The van der Waals surface area contributed by atoms with Crippen LogP contribution in [0.15, 0.2) is 0 Å². The number of aliphatic hydroxyl groups is 1. The number of nitrogens with two attached hydrogens (primary N) is 1. The van der Waals surface area contributed by atoms with Gasteiger partial charge >= 0.3 is 17.9 Å². The molecular formula is C18H28N4O10. The average molecular weight is 460 g/mol. The minimum absolute atomic E-state index is 0.201. The van der Waals surface area contributed by atoms with Crippen molar-refractivity contribution in [1.82, 2.24) is 15.5 Å². The minimum atomic E-state index is -1.56. The smallest absolute Gasteiger partial charge is 0.326 e. The highest BCUT2D eigenvalue weighted by Gasteiger charge is 2.37.